The van der Waals surface area contributed by atoms with Crippen molar-refractivity contribution in [1.82, 2.24) is 10.3 Å². The van der Waals surface area contributed by atoms with Crippen molar-refractivity contribution in [2.24, 2.45) is 0 Å². The van der Waals surface area contributed by atoms with E-state index in [4.69, 9.17) is 4.74 Å². The number of pyridine rings is 1. The third kappa shape index (κ3) is 3.37. The fourth-order valence-electron chi connectivity index (χ4n) is 1.40. The molecule has 0 radical (unpaired) electrons. The maximum atomic E-state index is 12.3. The number of halogens is 3. The van der Waals surface area contributed by atoms with Crippen LogP contribution in [0.15, 0.2) is 18.3 Å². The fourth-order valence-corrected chi connectivity index (χ4v) is 1.40. The lowest BCUT2D eigenvalue weighted by Crippen LogP contribution is -2.25. The molecule has 1 unspecified atom stereocenters. The van der Waals surface area contributed by atoms with Gasteiger partial charge in [0.1, 0.15) is 5.75 Å². The molecule has 3 nitrogen and oxygen atoms in total. The molecule has 1 aromatic rings. The summed E-state index contributed by atoms with van der Waals surface area (Å²) in [6, 6.07) is 2.31. The Morgan fingerprint density at radius 1 is 1.50 bits per heavy atom. The minimum Gasteiger partial charge on any atom is -0.495 e. The zero-order valence-electron chi connectivity index (χ0n) is 9.01. The number of nitrogens with one attached hydrogen (secondary N) is 1. The Hall–Kier alpha value is -1.30. The molecule has 0 aliphatic heterocycles. The smallest absolute Gasteiger partial charge is 0.390 e. The number of alkyl halides is 3. The molecule has 0 aliphatic rings. The molecule has 0 aromatic carbocycles. The first-order chi connectivity index (χ1) is 7.48. The van der Waals surface area contributed by atoms with Crippen molar-refractivity contribution in [3.8, 4) is 5.75 Å². The number of aromatic nitrogens is 1. The van der Waals surface area contributed by atoms with E-state index in [9.17, 15) is 13.2 Å². The van der Waals surface area contributed by atoms with Crippen molar-refractivity contribution in [1.29, 1.82) is 0 Å². The molecule has 1 aromatic heterocycles. The average molecular weight is 234 g/mol. The Kier molecular flexibility index (Phi) is 4.12. The number of hydrogen-bond acceptors (Lipinski definition) is 3. The summed E-state index contributed by atoms with van der Waals surface area (Å²) in [5.41, 5.74) is 0.268. The third-order valence-electron chi connectivity index (χ3n) is 2.13. The standard InChI is InChI=1S/C10H13F3N2O/c1-14-7(6-10(11,12)13)9-8(16-2)4-3-5-15-9/h3-5,7,14H,6H2,1-2H3. The summed E-state index contributed by atoms with van der Waals surface area (Å²) >= 11 is 0. The van der Waals surface area contributed by atoms with Crippen LogP contribution in [0.25, 0.3) is 0 Å². The second-order valence-electron chi connectivity index (χ2n) is 3.25. The van der Waals surface area contributed by atoms with Crippen LogP contribution in [0.2, 0.25) is 0 Å². The second kappa shape index (κ2) is 5.16. The Labute approximate surface area is 91.6 Å². The summed E-state index contributed by atoms with van der Waals surface area (Å²) in [6.07, 6.45) is -3.77. The highest BCUT2D eigenvalue weighted by atomic mass is 19.4. The van der Waals surface area contributed by atoms with E-state index in [0.717, 1.165) is 0 Å². The van der Waals surface area contributed by atoms with Crippen LogP contribution in [0, 0.1) is 0 Å². The van der Waals surface area contributed by atoms with Crippen molar-refractivity contribution in [2.45, 2.75) is 18.6 Å². The van der Waals surface area contributed by atoms with Crippen LogP contribution in [0.4, 0.5) is 13.2 Å². The number of rotatable bonds is 4. The molecule has 6 heteroatoms. The van der Waals surface area contributed by atoms with Gasteiger partial charge < -0.3 is 10.1 Å². The zero-order chi connectivity index (χ0) is 12.2. The van der Waals surface area contributed by atoms with Crippen LogP contribution < -0.4 is 10.1 Å². The predicted octanol–water partition coefficient (Wildman–Crippen LogP) is 2.30. The predicted molar refractivity (Wildman–Crippen MR) is 53.3 cm³/mol. The first kappa shape index (κ1) is 12.8. The molecule has 16 heavy (non-hydrogen) atoms. The van der Waals surface area contributed by atoms with Gasteiger partial charge in [0.05, 0.1) is 25.3 Å². The molecule has 0 fully saturated rings. The van der Waals surface area contributed by atoms with Gasteiger partial charge in [-0.05, 0) is 19.2 Å². The van der Waals surface area contributed by atoms with Crippen LogP contribution in [-0.4, -0.2) is 25.3 Å². The van der Waals surface area contributed by atoms with Gasteiger partial charge in [0.25, 0.3) is 0 Å². The van der Waals surface area contributed by atoms with Crippen LogP contribution in [-0.2, 0) is 0 Å². The molecular formula is C10H13F3N2O. The van der Waals surface area contributed by atoms with Gasteiger partial charge in [-0.2, -0.15) is 13.2 Å². The maximum absolute atomic E-state index is 12.3. The number of ether oxygens (including phenoxy) is 1. The summed E-state index contributed by atoms with van der Waals surface area (Å²) in [7, 11) is 2.87. The molecule has 0 spiro atoms. The van der Waals surface area contributed by atoms with E-state index in [1.54, 1.807) is 12.1 Å². The van der Waals surface area contributed by atoms with Gasteiger partial charge in [0, 0.05) is 6.20 Å². The van der Waals surface area contributed by atoms with Crippen LogP contribution >= 0.6 is 0 Å². The van der Waals surface area contributed by atoms with Gasteiger partial charge in [-0.15, -0.1) is 0 Å². The van der Waals surface area contributed by atoms with E-state index in [0.29, 0.717) is 5.75 Å². The summed E-state index contributed by atoms with van der Waals surface area (Å²) < 4.78 is 41.9. The highest BCUT2D eigenvalue weighted by Gasteiger charge is 2.33. The lowest BCUT2D eigenvalue weighted by Gasteiger charge is -2.19. The Bertz CT molecular complexity index is 341. The van der Waals surface area contributed by atoms with E-state index in [2.05, 4.69) is 10.3 Å². The molecule has 0 amide bonds. The Morgan fingerprint density at radius 3 is 2.69 bits per heavy atom. The van der Waals surface area contributed by atoms with Crippen LogP contribution in [0.1, 0.15) is 18.2 Å². The molecule has 1 N–H and O–H groups in total. The molecule has 1 rings (SSSR count). The fraction of sp³-hybridized carbons (Fsp3) is 0.500. The maximum Gasteiger partial charge on any atom is 0.390 e. The largest absolute Gasteiger partial charge is 0.495 e. The van der Waals surface area contributed by atoms with Gasteiger partial charge in [0.2, 0.25) is 0 Å². The van der Waals surface area contributed by atoms with Crippen LogP contribution in [0.5, 0.6) is 5.75 Å². The molecular weight excluding hydrogens is 221 g/mol. The topological polar surface area (TPSA) is 34.2 Å². The SMILES string of the molecule is CNC(CC(F)(F)F)c1ncccc1OC. The van der Waals surface area contributed by atoms with Crippen molar-refractivity contribution in [3.63, 3.8) is 0 Å². The number of nitrogens with zero attached hydrogens (tertiary/aromatic N) is 1. The van der Waals surface area contributed by atoms with E-state index in [-0.39, 0.29) is 5.69 Å². The van der Waals surface area contributed by atoms with Crippen molar-refractivity contribution in [2.75, 3.05) is 14.2 Å². The quantitative estimate of drug-likeness (QED) is 0.868. The Morgan fingerprint density at radius 2 is 2.19 bits per heavy atom. The van der Waals surface area contributed by atoms with Crippen molar-refractivity contribution >= 4 is 0 Å². The highest BCUT2D eigenvalue weighted by molar-refractivity contribution is 5.29. The summed E-state index contributed by atoms with van der Waals surface area (Å²) in [6.45, 7) is 0. The molecule has 0 bridgehead atoms. The molecule has 0 saturated carbocycles. The van der Waals surface area contributed by atoms with Gasteiger partial charge >= 0.3 is 6.18 Å². The number of hydrogen-bond donors (Lipinski definition) is 1. The van der Waals surface area contributed by atoms with Crippen molar-refractivity contribution in [3.05, 3.63) is 24.0 Å². The normalized spacial score (nSPS) is 13.6. The minimum atomic E-state index is -4.24. The van der Waals surface area contributed by atoms with Gasteiger partial charge in [0.15, 0.2) is 0 Å². The van der Waals surface area contributed by atoms with Gasteiger partial charge in [-0.25, -0.2) is 0 Å². The first-order valence-corrected chi connectivity index (χ1v) is 4.71. The molecule has 0 aliphatic carbocycles. The third-order valence-corrected chi connectivity index (χ3v) is 2.13. The number of methoxy groups -OCH3 is 1. The first-order valence-electron chi connectivity index (χ1n) is 4.71. The summed E-state index contributed by atoms with van der Waals surface area (Å²) in [5.74, 6) is 0.353. The summed E-state index contributed by atoms with van der Waals surface area (Å²) in [4.78, 5) is 3.92. The molecule has 90 valence electrons. The monoisotopic (exact) mass is 234 g/mol. The molecule has 1 atom stereocenters. The molecule has 0 saturated heterocycles. The van der Waals surface area contributed by atoms with E-state index >= 15 is 0 Å². The minimum absolute atomic E-state index is 0.268. The zero-order valence-corrected chi connectivity index (χ0v) is 9.01. The average Bonchev–Trinajstić information content (AvgIpc) is 2.24. The Balaban J connectivity index is 2.94. The van der Waals surface area contributed by atoms with E-state index in [1.807, 2.05) is 0 Å². The lowest BCUT2D eigenvalue weighted by molar-refractivity contribution is -0.140. The van der Waals surface area contributed by atoms with Gasteiger partial charge in [-0.1, -0.05) is 0 Å². The summed E-state index contributed by atoms with van der Waals surface area (Å²) in [5, 5.41) is 2.59. The van der Waals surface area contributed by atoms with Crippen molar-refractivity contribution < 1.29 is 17.9 Å². The van der Waals surface area contributed by atoms with E-state index < -0.39 is 18.6 Å². The highest BCUT2D eigenvalue weighted by Crippen LogP contribution is 2.32. The van der Waals surface area contributed by atoms with E-state index in [1.165, 1.54) is 20.4 Å². The van der Waals surface area contributed by atoms with Gasteiger partial charge in [-0.3, -0.25) is 4.98 Å². The second-order valence-corrected chi connectivity index (χ2v) is 3.25. The lowest BCUT2D eigenvalue weighted by atomic mass is 10.1. The van der Waals surface area contributed by atoms with Crippen LogP contribution in [0.3, 0.4) is 0 Å². The molecule has 1 heterocycles.